The summed E-state index contributed by atoms with van der Waals surface area (Å²) < 4.78 is 57.2. The first kappa shape index (κ1) is 21.6. The zero-order valence-corrected chi connectivity index (χ0v) is 16.4. The van der Waals surface area contributed by atoms with Gasteiger partial charge in [0.25, 0.3) is 0 Å². The summed E-state index contributed by atoms with van der Waals surface area (Å²) in [6, 6.07) is 9.79. The molecule has 0 spiro atoms. The average molecular weight is 412 g/mol. The number of sulfonamides is 1. The molecule has 0 atom stereocenters. The van der Waals surface area contributed by atoms with Crippen molar-refractivity contribution in [3.8, 4) is 5.75 Å². The summed E-state index contributed by atoms with van der Waals surface area (Å²) >= 11 is 0. The maximum atomic E-state index is 13.2. The Kier molecular flexibility index (Phi) is 7.33. The lowest BCUT2D eigenvalue weighted by Crippen LogP contribution is -2.31. The molecule has 0 heterocycles. The quantitative estimate of drug-likeness (QED) is 0.684. The molecule has 152 valence electrons. The van der Waals surface area contributed by atoms with Crippen molar-refractivity contribution in [2.75, 3.05) is 29.0 Å². The lowest BCUT2D eigenvalue weighted by molar-refractivity contribution is -0.116. The van der Waals surface area contributed by atoms with Crippen LogP contribution in [0, 0.1) is 11.6 Å². The lowest BCUT2D eigenvalue weighted by Gasteiger charge is -2.24. The molecule has 9 heteroatoms. The molecule has 1 amide bonds. The number of rotatable bonds is 9. The number of nitrogens with one attached hydrogen (secondary N) is 1. The van der Waals surface area contributed by atoms with Gasteiger partial charge >= 0.3 is 0 Å². The zero-order valence-electron chi connectivity index (χ0n) is 15.6. The molecule has 2 rings (SSSR count). The van der Waals surface area contributed by atoms with E-state index < -0.39 is 27.6 Å². The van der Waals surface area contributed by atoms with Crippen molar-refractivity contribution in [1.29, 1.82) is 0 Å². The molecular formula is C19H22F2N2O4S. The molecule has 0 aromatic heterocycles. The number of nitrogens with zero attached hydrogens (tertiary/aromatic N) is 1. The van der Waals surface area contributed by atoms with E-state index in [2.05, 4.69) is 5.32 Å². The molecule has 0 radical (unpaired) electrons. The summed E-state index contributed by atoms with van der Waals surface area (Å²) in [6.07, 6.45) is 1.31. The second-order valence-electron chi connectivity index (χ2n) is 6.02. The fraction of sp³-hybridized carbons (Fsp3) is 0.316. The van der Waals surface area contributed by atoms with Crippen LogP contribution in [0.3, 0.4) is 0 Å². The molecule has 0 aliphatic rings. The summed E-state index contributed by atoms with van der Waals surface area (Å²) in [5, 5.41) is 2.46. The van der Waals surface area contributed by atoms with Crippen LogP contribution in [0.25, 0.3) is 0 Å². The first-order chi connectivity index (χ1) is 13.2. The van der Waals surface area contributed by atoms with Gasteiger partial charge in [0.15, 0.2) is 11.6 Å². The van der Waals surface area contributed by atoms with E-state index in [-0.39, 0.29) is 25.1 Å². The molecule has 6 nitrogen and oxygen atoms in total. The zero-order chi connectivity index (χ0) is 20.7. The van der Waals surface area contributed by atoms with E-state index >= 15 is 0 Å². The number of hydrogen-bond acceptors (Lipinski definition) is 4. The van der Waals surface area contributed by atoms with Crippen LogP contribution in [0.5, 0.6) is 5.75 Å². The standard InChI is InChI=1S/C19H22F2N2O4S/c1-3-27-18-8-5-4-7-17(18)23(28(2,25)26)12-6-9-19(24)22-14-10-11-15(20)16(21)13-14/h4-5,7-8,10-11,13H,3,6,9,12H2,1-2H3,(H,22,24). The average Bonchev–Trinajstić information content (AvgIpc) is 2.62. The van der Waals surface area contributed by atoms with Gasteiger partial charge in [0.2, 0.25) is 15.9 Å². The molecule has 0 saturated heterocycles. The molecule has 0 aliphatic heterocycles. The van der Waals surface area contributed by atoms with E-state index in [0.717, 1.165) is 18.4 Å². The second-order valence-corrected chi connectivity index (χ2v) is 7.92. The smallest absolute Gasteiger partial charge is 0.232 e. The van der Waals surface area contributed by atoms with Gasteiger partial charge in [-0.25, -0.2) is 17.2 Å². The summed E-state index contributed by atoms with van der Waals surface area (Å²) in [7, 11) is -3.60. The van der Waals surface area contributed by atoms with Gasteiger partial charge in [0.05, 0.1) is 18.6 Å². The Bertz CT molecular complexity index is 935. The molecule has 1 N–H and O–H groups in total. The number of hydrogen-bond donors (Lipinski definition) is 1. The van der Waals surface area contributed by atoms with Crippen LogP contribution in [-0.2, 0) is 14.8 Å². The maximum Gasteiger partial charge on any atom is 0.232 e. The number of carbonyl (C=O) groups excluding carboxylic acids is 1. The van der Waals surface area contributed by atoms with Crippen molar-refractivity contribution in [3.63, 3.8) is 0 Å². The van der Waals surface area contributed by atoms with Gasteiger partial charge in [-0.15, -0.1) is 0 Å². The Morgan fingerprint density at radius 3 is 2.50 bits per heavy atom. The predicted molar refractivity (Wildman–Crippen MR) is 104 cm³/mol. The van der Waals surface area contributed by atoms with Crippen LogP contribution in [-0.4, -0.2) is 33.7 Å². The number of halogens is 2. The molecule has 0 bridgehead atoms. The molecule has 0 fully saturated rings. The summed E-state index contributed by atoms with van der Waals surface area (Å²) in [5.41, 5.74) is 0.526. The van der Waals surface area contributed by atoms with Gasteiger partial charge < -0.3 is 10.1 Å². The highest BCUT2D eigenvalue weighted by Gasteiger charge is 2.21. The van der Waals surface area contributed by atoms with Crippen LogP contribution in [0.2, 0.25) is 0 Å². The van der Waals surface area contributed by atoms with E-state index in [4.69, 9.17) is 4.74 Å². The van der Waals surface area contributed by atoms with E-state index in [0.29, 0.717) is 18.0 Å². The Hall–Kier alpha value is -2.68. The van der Waals surface area contributed by atoms with E-state index in [1.807, 2.05) is 0 Å². The lowest BCUT2D eigenvalue weighted by atomic mass is 10.2. The number of ether oxygens (including phenoxy) is 1. The third-order valence-corrected chi connectivity index (χ3v) is 4.98. The normalized spacial score (nSPS) is 11.1. The Morgan fingerprint density at radius 1 is 1.14 bits per heavy atom. The summed E-state index contributed by atoms with van der Waals surface area (Å²) in [4.78, 5) is 12.0. The van der Waals surface area contributed by atoms with Crippen LogP contribution < -0.4 is 14.4 Å². The fourth-order valence-corrected chi connectivity index (χ4v) is 3.56. The first-order valence-electron chi connectivity index (χ1n) is 8.66. The Morgan fingerprint density at radius 2 is 1.86 bits per heavy atom. The third-order valence-electron chi connectivity index (χ3n) is 3.80. The largest absolute Gasteiger partial charge is 0.492 e. The monoisotopic (exact) mass is 412 g/mol. The summed E-state index contributed by atoms with van der Waals surface area (Å²) in [5.74, 6) is -2.07. The number of anilines is 2. The topological polar surface area (TPSA) is 75.7 Å². The van der Waals surface area contributed by atoms with Crippen molar-refractivity contribution < 1.29 is 26.7 Å². The third kappa shape index (κ3) is 5.91. The number of benzene rings is 2. The Balaban J connectivity index is 2.03. The minimum Gasteiger partial charge on any atom is -0.492 e. The summed E-state index contributed by atoms with van der Waals surface area (Å²) in [6.45, 7) is 2.24. The molecule has 2 aromatic carbocycles. The highest BCUT2D eigenvalue weighted by Crippen LogP contribution is 2.30. The van der Waals surface area contributed by atoms with Gasteiger partial charge in [0.1, 0.15) is 5.75 Å². The minimum absolute atomic E-state index is 0.00180. The SMILES string of the molecule is CCOc1ccccc1N(CCCC(=O)Nc1ccc(F)c(F)c1)S(C)(=O)=O. The van der Waals surface area contributed by atoms with E-state index in [1.54, 1.807) is 31.2 Å². The van der Waals surface area contributed by atoms with Crippen molar-refractivity contribution in [1.82, 2.24) is 0 Å². The highest BCUT2D eigenvalue weighted by atomic mass is 32.2. The van der Waals surface area contributed by atoms with Gasteiger partial charge in [-0.2, -0.15) is 0 Å². The minimum atomic E-state index is -3.60. The number of carbonyl (C=O) groups is 1. The van der Waals surface area contributed by atoms with Crippen molar-refractivity contribution in [3.05, 3.63) is 54.1 Å². The van der Waals surface area contributed by atoms with Crippen LogP contribution >= 0.6 is 0 Å². The van der Waals surface area contributed by atoms with Gasteiger partial charge in [-0.3, -0.25) is 9.10 Å². The molecule has 28 heavy (non-hydrogen) atoms. The van der Waals surface area contributed by atoms with E-state index in [1.165, 1.54) is 10.4 Å². The van der Waals surface area contributed by atoms with E-state index in [9.17, 15) is 22.0 Å². The van der Waals surface area contributed by atoms with Crippen LogP contribution in [0.1, 0.15) is 19.8 Å². The van der Waals surface area contributed by atoms with Gasteiger partial charge in [0, 0.05) is 24.7 Å². The number of para-hydroxylation sites is 2. The molecule has 0 saturated carbocycles. The molecule has 0 unspecified atom stereocenters. The fourth-order valence-electron chi connectivity index (χ4n) is 2.59. The Labute approximate surface area is 163 Å². The van der Waals surface area contributed by atoms with Gasteiger partial charge in [-0.05, 0) is 37.6 Å². The van der Waals surface area contributed by atoms with Crippen molar-refractivity contribution in [2.45, 2.75) is 19.8 Å². The van der Waals surface area contributed by atoms with Crippen LogP contribution in [0.4, 0.5) is 20.2 Å². The molecule has 2 aromatic rings. The molecule has 0 aliphatic carbocycles. The number of amides is 1. The molecular weight excluding hydrogens is 390 g/mol. The van der Waals surface area contributed by atoms with Crippen molar-refractivity contribution in [2.24, 2.45) is 0 Å². The second kappa shape index (κ2) is 9.50. The van der Waals surface area contributed by atoms with Crippen molar-refractivity contribution >= 4 is 27.3 Å². The van der Waals surface area contributed by atoms with Crippen LogP contribution in [0.15, 0.2) is 42.5 Å². The first-order valence-corrected chi connectivity index (χ1v) is 10.5. The maximum absolute atomic E-state index is 13.2. The highest BCUT2D eigenvalue weighted by molar-refractivity contribution is 7.92. The van der Waals surface area contributed by atoms with Gasteiger partial charge in [-0.1, -0.05) is 12.1 Å². The predicted octanol–water partition coefficient (Wildman–Crippen LogP) is 3.55.